The Hall–Kier alpha value is -3.85. The van der Waals surface area contributed by atoms with Crippen LogP contribution in [-0.4, -0.2) is 90.0 Å². The van der Waals surface area contributed by atoms with Crippen molar-refractivity contribution in [3.8, 4) is 5.88 Å². The molecular formula is C33H43F3N6O5S. The molecule has 2 heterocycles. The summed E-state index contributed by atoms with van der Waals surface area (Å²) in [5.74, 6) is -7.60. The summed E-state index contributed by atoms with van der Waals surface area (Å²) in [5.41, 5.74) is -0.329. The third kappa shape index (κ3) is 9.62. The Bertz CT molecular complexity index is 1440. The van der Waals surface area contributed by atoms with Crippen molar-refractivity contribution in [3.05, 3.63) is 53.5 Å². The molecule has 2 fully saturated rings. The minimum absolute atomic E-state index is 0.0482. The lowest BCUT2D eigenvalue weighted by molar-refractivity contribution is -0.144. The molecule has 48 heavy (non-hydrogen) atoms. The van der Waals surface area contributed by atoms with Crippen LogP contribution in [0.15, 0.2) is 36.5 Å². The molecule has 3 N–H and O–H groups in total. The second-order valence-electron chi connectivity index (χ2n) is 12.1. The number of carbonyl (C=O) groups excluding carboxylic acids is 4. The maximum Gasteiger partial charge on any atom is 0.352 e. The SMILES string of the molecule is CCC(=O)N[C@H](Cc1ccc(NC(=O)[C@@H](SNC(=O)C(F)(F)c2ccc(OC)nc2)C2CCCCC2)c(F)c1)C(=O)N1CCN(C)CC1. The van der Waals surface area contributed by atoms with E-state index in [1.165, 1.54) is 25.3 Å². The van der Waals surface area contributed by atoms with E-state index in [4.69, 9.17) is 4.74 Å². The fraction of sp³-hybridized carbons (Fsp3) is 0.545. The predicted molar refractivity (Wildman–Crippen MR) is 176 cm³/mol. The quantitative estimate of drug-likeness (QED) is 0.270. The average molecular weight is 693 g/mol. The molecule has 11 nitrogen and oxygen atoms in total. The van der Waals surface area contributed by atoms with Gasteiger partial charge in [-0.3, -0.25) is 23.9 Å². The number of nitrogens with one attached hydrogen (secondary N) is 3. The normalized spacial score (nSPS) is 17.2. The number of hydrogen-bond acceptors (Lipinski definition) is 8. The van der Waals surface area contributed by atoms with E-state index in [1.807, 2.05) is 7.05 Å². The minimum atomic E-state index is -3.93. The molecule has 2 aromatic rings. The Morgan fingerprint density at radius 3 is 2.38 bits per heavy atom. The first-order valence-corrected chi connectivity index (χ1v) is 17.0. The van der Waals surface area contributed by atoms with Crippen LogP contribution in [0.5, 0.6) is 5.88 Å². The van der Waals surface area contributed by atoms with Gasteiger partial charge in [-0.25, -0.2) is 9.37 Å². The van der Waals surface area contributed by atoms with E-state index in [0.717, 1.165) is 31.5 Å². The highest BCUT2D eigenvalue weighted by Gasteiger charge is 2.43. The molecule has 1 saturated heterocycles. The summed E-state index contributed by atoms with van der Waals surface area (Å²) < 4.78 is 52.4. The van der Waals surface area contributed by atoms with Crippen LogP contribution in [0.25, 0.3) is 0 Å². The standard InChI is InChI=1S/C33H43F3N6O5S/c1-4-27(43)38-26(31(45)42-16-14-41(2)15-17-42)19-21-10-12-25(24(34)18-21)39-30(44)29(22-8-6-5-7-9-22)48-40-32(46)33(35,36)23-11-13-28(47-3)37-20-23/h10-13,18,20,22,26,29H,4-9,14-17,19H2,1-3H3,(H,38,43)(H,39,44)(H,40,46)/t26-,29+/m1/s1. The number of alkyl halides is 2. The zero-order chi connectivity index (χ0) is 34.8. The maximum absolute atomic E-state index is 15.4. The number of rotatable bonds is 13. The van der Waals surface area contributed by atoms with Crippen LogP contribution in [0.4, 0.5) is 18.9 Å². The van der Waals surface area contributed by atoms with Gasteiger partial charge in [0.2, 0.25) is 23.6 Å². The van der Waals surface area contributed by atoms with Crippen LogP contribution in [-0.2, 0) is 31.5 Å². The molecule has 2 atom stereocenters. The summed E-state index contributed by atoms with van der Waals surface area (Å²) in [7, 11) is 3.30. The molecule has 0 spiro atoms. The van der Waals surface area contributed by atoms with Crippen LogP contribution in [0.1, 0.15) is 56.6 Å². The van der Waals surface area contributed by atoms with Gasteiger partial charge >= 0.3 is 11.8 Å². The molecule has 1 aliphatic heterocycles. The summed E-state index contributed by atoms with van der Waals surface area (Å²) in [6, 6.07) is 5.50. The number of pyridine rings is 1. The number of hydrogen-bond donors (Lipinski definition) is 3. The van der Waals surface area contributed by atoms with E-state index < -0.39 is 40.4 Å². The summed E-state index contributed by atoms with van der Waals surface area (Å²) in [6.45, 7) is 4.12. The van der Waals surface area contributed by atoms with Gasteiger partial charge in [-0.2, -0.15) is 8.78 Å². The summed E-state index contributed by atoms with van der Waals surface area (Å²) in [6.07, 6.45) is 5.02. The van der Waals surface area contributed by atoms with E-state index >= 15 is 4.39 Å². The largest absolute Gasteiger partial charge is 0.481 e. The van der Waals surface area contributed by atoms with Crippen LogP contribution in [0.3, 0.4) is 0 Å². The lowest BCUT2D eigenvalue weighted by Crippen LogP contribution is -2.54. The molecule has 1 aliphatic carbocycles. The van der Waals surface area contributed by atoms with Crippen molar-refractivity contribution in [1.29, 1.82) is 0 Å². The molecule has 4 amide bonds. The number of carbonyl (C=O) groups is 4. The Morgan fingerprint density at radius 2 is 1.77 bits per heavy atom. The minimum Gasteiger partial charge on any atom is -0.481 e. The Morgan fingerprint density at radius 1 is 1.06 bits per heavy atom. The van der Waals surface area contributed by atoms with Crippen LogP contribution in [0.2, 0.25) is 0 Å². The van der Waals surface area contributed by atoms with Crippen molar-refractivity contribution in [2.75, 3.05) is 45.7 Å². The molecule has 1 aromatic carbocycles. The Labute approximate surface area is 282 Å². The number of aromatic nitrogens is 1. The van der Waals surface area contributed by atoms with Gasteiger partial charge in [0, 0.05) is 56.8 Å². The predicted octanol–water partition coefficient (Wildman–Crippen LogP) is 3.88. The van der Waals surface area contributed by atoms with Gasteiger partial charge in [0.05, 0.1) is 12.8 Å². The van der Waals surface area contributed by atoms with E-state index in [0.29, 0.717) is 56.5 Å². The monoisotopic (exact) mass is 692 g/mol. The highest BCUT2D eigenvalue weighted by molar-refractivity contribution is 7.99. The topological polar surface area (TPSA) is 133 Å². The average Bonchev–Trinajstić information content (AvgIpc) is 3.09. The number of piperazine rings is 1. The van der Waals surface area contributed by atoms with Crippen molar-refractivity contribution >= 4 is 41.3 Å². The smallest absolute Gasteiger partial charge is 0.352 e. The molecule has 1 saturated carbocycles. The fourth-order valence-electron chi connectivity index (χ4n) is 5.77. The molecule has 15 heteroatoms. The van der Waals surface area contributed by atoms with Crippen LogP contribution >= 0.6 is 11.9 Å². The van der Waals surface area contributed by atoms with E-state index in [-0.39, 0.29) is 42.1 Å². The van der Waals surface area contributed by atoms with Crippen LogP contribution < -0.4 is 20.1 Å². The van der Waals surface area contributed by atoms with Crippen molar-refractivity contribution in [1.82, 2.24) is 24.8 Å². The number of likely N-dealkylation sites (N-methyl/N-ethyl adjacent to an activating group) is 1. The van der Waals surface area contributed by atoms with Crippen molar-refractivity contribution < 1.29 is 37.1 Å². The summed E-state index contributed by atoms with van der Waals surface area (Å²) >= 11 is 0.590. The Kier molecular flexibility index (Phi) is 13.1. The van der Waals surface area contributed by atoms with Crippen LogP contribution in [0, 0.1) is 11.7 Å². The lowest BCUT2D eigenvalue weighted by Gasteiger charge is -2.34. The number of anilines is 1. The number of amides is 4. The van der Waals surface area contributed by atoms with Gasteiger partial charge in [0.1, 0.15) is 17.1 Å². The van der Waals surface area contributed by atoms with Crippen molar-refractivity contribution in [2.24, 2.45) is 5.92 Å². The first-order chi connectivity index (χ1) is 22.9. The van der Waals surface area contributed by atoms with Gasteiger partial charge in [0.25, 0.3) is 0 Å². The van der Waals surface area contributed by atoms with E-state index in [9.17, 15) is 28.0 Å². The lowest BCUT2D eigenvalue weighted by atomic mass is 9.86. The zero-order valence-corrected chi connectivity index (χ0v) is 28.2. The molecule has 2 aliphatic rings. The first kappa shape index (κ1) is 37.0. The molecule has 1 aromatic heterocycles. The van der Waals surface area contributed by atoms with Gasteiger partial charge in [-0.1, -0.05) is 32.3 Å². The molecular weight excluding hydrogens is 649 g/mol. The number of nitrogens with zero attached hydrogens (tertiary/aromatic N) is 3. The number of benzene rings is 1. The molecule has 4 rings (SSSR count). The molecule has 0 bridgehead atoms. The fourth-order valence-corrected chi connectivity index (χ4v) is 6.76. The summed E-state index contributed by atoms with van der Waals surface area (Å²) in [4.78, 5) is 59.2. The third-order valence-electron chi connectivity index (χ3n) is 8.71. The first-order valence-electron chi connectivity index (χ1n) is 16.1. The van der Waals surface area contributed by atoms with Crippen molar-refractivity contribution in [2.45, 2.75) is 69.1 Å². The van der Waals surface area contributed by atoms with Gasteiger partial charge in [0.15, 0.2) is 0 Å². The molecule has 0 radical (unpaired) electrons. The molecule has 0 unspecified atom stereocenters. The number of ether oxygens (including phenoxy) is 1. The highest BCUT2D eigenvalue weighted by Crippen LogP contribution is 2.35. The van der Waals surface area contributed by atoms with E-state index in [2.05, 4.69) is 25.2 Å². The molecule has 262 valence electrons. The number of halogens is 3. The van der Waals surface area contributed by atoms with Crippen molar-refractivity contribution in [3.63, 3.8) is 0 Å². The number of methoxy groups -OCH3 is 1. The second-order valence-corrected chi connectivity index (χ2v) is 13.1. The Balaban J connectivity index is 1.44. The zero-order valence-electron chi connectivity index (χ0n) is 27.4. The second kappa shape index (κ2) is 17.0. The summed E-state index contributed by atoms with van der Waals surface area (Å²) in [5, 5.41) is 4.36. The van der Waals surface area contributed by atoms with E-state index in [1.54, 1.807) is 17.9 Å². The van der Waals surface area contributed by atoms with Gasteiger partial charge < -0.3 is 25.2 Å². The third-order valence-corrected chi connectivity index (χ3v) is 9.86. The van der Waals surface area contributed by atoms with Gasteiger partial charge in [-0.05, 0) is 61.5 Å². The van der Waals surface area contributed by atoms with Gasteiger partial charge in [-0.15, -0.1) is 0 Å². The maximum atomic E-state index is 15.4. The highest BCUT2D eigenvalue weighted by atomic mass is 32.2.